The zero-order valence-electron chi connectivity index (χ0n) is 7.23. The molecule has 1 aliphatic rings. The molecule has 0 N–H and O–H groups in total. The van der Waals surface area contributed by atoms with Gasteiger partial charge in [-0.05, 0) is 12.1 Å². The van der Waals surface area contributed by atoms with Crippen LogP contribution in [0.1, 0.15) is 16.2 Å². The molecule has 68 valence electrons. The molecule has 1 aromatic heterocycles. The van der Waals surface area contributed by atoms with Crippen LogP contribution in [0, 0.1) is 0 Å². The lowest BCUT2D eigenvalue weighted by atomic mass is 10.2. The molecule has 0 spiro atoms. The summed E-state index contributed by atoms with van der Waals surface area (Å²) in [6, 6.07) is 7.45. The summed E-state index contributed by atoms with van der Waals surface area (Å²) < 4.78 is 4.83. The van der Waals surface area contributed by atoms with Crippen LogP contribution in [-0.4, -0.2) is 15.9 Å². The number of aromatic nitrogens is 2. The van der Waals surface area contributed by atoms with Crippen molar-refractivity contribution >= 4 is 17.0 Å². The number of rotatable bonds is 0. The number of benzene rings is 1. The SMILES string of the molecule is O=C1OCc2nc3ccccc3nc21. The standard InChI is InChI=1S/C10H6N2O2/c13-10-9-8(5-14-10)11-6-3-1-2-4-7(6)12-9/h1-4H,5H2. The van der Waals surface area contributed by atoms with E-state index in [2.05, 4.69) is 9.97 Å². The van der Waals surface area contributed by atoms with E-state index in [9.17, 15) is 4.79 Å². The van der Waals surface area contributed by atoms with Crippen LogP contribution in [0.4, 0.5) is 0 Å². The fourth-order valence-electron chi connectivity index (χ4n) is 1.50. The van der Waals surface area contributed by atoms with Gasteiger partial charge in [-0.15, -0.1) is 0 Å². The van der Waals surface area contributed by atoms with Crippen LogP contribution in [0.3, 0.4) is 0 Å². The average Bonchev–Trinajstić information content (AvgIpc) is 2.57. The van der Waals surface area contributed by atoms with Crippen LogP contribution in [0.15, 0.2) is 24.3 Å². The molecule has 0 fully saturated rings. The summed E-state index contributed by atoms with van der Waals surface area (Å²) in [6.45, 7) is 0.242. The van der Waals surface area contributed by atoms with Gasteiger partial charge in [0.2, 0.25) is 0 Å². The van der Waals surface area contributed by atoms with Crippen molar-refractivity contribution in [2.24, 2.45) is 0 Å². The number of hydrogen-bond donors (Lipinski definition) is 0. The number of esters is 1. The number of ether oxygens (including phenoxy) is 1. The predicted octanol–water partition coefficient (Wildman–Crippen LogP) is 1.30. The van der Waals surface area contributed by atoms with Crippen molar-refractivity contribution in [3.63, 3.8) is 0 Å². The summed E-state index contributed by atoms with van der Waals surface area (Å²) in [6.07, 6.45) is 0. The molecule has 0 bridgehead atoms. The third-order valence-corrected chi connectivity index (χ3v) is 2.18. The Labute approximate surface area is 79.6 Å². The molecule has 4 heteroatoms. The number of carbonyl (C=O) groups is 1. The molecule has 2 aromatic rings. The Morgan fingerprint density at radius 2 is 1.86 bits per heavy atom. The van der Waals surface area contributed by atoms with Crippen LogP contribution in [0.25, 0.3) is 11.0 Å². The van der Waals surface area contributed by atoms with Crippen molar-refractivity contribution < 1.29 is 9.53 Å². The van der Waals surface area contributed by atoms with Crippen molar-refractivity contribution in [3.8, 4) is 0 Å². The Bertz CT molecular complexity index is 537. The zero-order valence-corrected chi connectivity index (χ0v) is 7.23. The van der Waals surface area contributed by atoms with Gasteiger partial charge >= 0.3 is 5.97 Å². The number of hydrogen-bond acceptors (Lipinski definition) is 4. The maximum absolute atomic E-state index is 11.2. The largest absolute Gasteiger partial charge is 0.454 e. The summed E-state index contributed by atoms with van der Waals surface area (Å²) in [5.74, 6) is -0.377. The first-order valence-corrected chi connectivity index (χ1v) is 4.27. The van der Waals surface area contributed by atoms with Crippen molar-refractivity contribution in [3.05, 3.63) is 35.7 Å². The molecule has 2 heterocycles. The summed E-state index contributed by atoms with van der Waals surface area (Å²) in [5, 5.41) is 0. The van der Waals surface area contributed by atoms with Crippen molar-refractivity contribution in [1.29, 1.82) is 0 Å². The molecule has 0 saturated heterocycles. The average molecular weight is 186 g/mol. The van der Waals surface area contributed by atoms with Gasteiger partial charge in [0.15, 0.2) is 5.69 Å². The second-order valence-electron chi connectivity index (χ2n) is 3.08. The Hall–Kier alpha value is -1.97. The van der Waals surface area contributed by atoms with Gasteiger partial charge in [-0.1, -0.05) is 12.1 Å². The lowest BCUT2D eigenvalue weighted by molar-refractivity contribution is 0.0529. The van der Waals surface area contributed by atoms with Gasteiger partial charge in [0, 0.05) is 0 Å². The van der Waals surface area contributed by atoms with Gasteiger partial charge in [-0.2, -0.15) is 0 Å². The highest BCUT2D eigenvalue weighted by molar-refractivity contribution is 5.92. The number of nitrogens with zero attached hydrogens (tertiary/aromatic N) is 2. The highest BCUT2D eigenvalue weighted by atomic mass is 16.5. The second-order valence-corrected chi connectivity index (χ2v) is 3.08. The number of carbonyl (C=O) groups excluding carboxylic acids is 1. The summed E-state index contributed by atoms with van der Waals surface area (Å²) in [7, 11) is 0. The molecule has 3 rings (SSSR count). The number of fused-ring (bicyclic) bond motifs is 2. The van der Waals surface area contributed by atoms with Crippen molar-refractivity contribution in [2.75, 3.05) is 0 Å². The Balaban J connectivity index is 2.38. The Morgan fingerprint density at radius 1 is 1.14 bits per heavy atom. The zero-order chi connectivity index (χ0) is 9.54. The fraction of sp³-hybridized carbons (Fsp3) is 0.100. The minimum Gasteiger partial charge on any atom is -0.454 e. The van der Waals surface area contributed by atoms with E-state index in [1.807, 2.05) is 24.3 Å². The Morgan fingerprint density at radius 3 is 2.64 bits per heavy atom. The van der Waals surface area contributed by atoms with Crippen LogP contribution in [0.5, 0.6) is 0 Å². The highest BCUT2D eigenvalue weighted by Crippen LogP contribution is 2.19. The van der Waals surface area contributed by atoms with E-state index < -0.39 is 0 Å². The Kier molecular flexibility index (Phi) is 1.33. The lowest BCUT2D eigenvalue weighted by Crippen LogP contribution is -1.99. The summed E-state index contributed by atoms with van der Waals surface area (Å²) in [4.78, 5) is 19.7. The predicted molar refractivity (Wildman–Crippen MR) is 48.7 cm³/mol. The minimum absolute atomic E-state index is 0.242. The van der Waals surface area contributed by atoms with Crippen LogP contribution >= 0.6 is 0 Å². The first-order chi connectivity index (χ1) is 6.84. The molecule has 1 aromatic carbocycles. The normalized spacial score (nSPS) is 14.1. The third kappa shape index (κ3) is 0.907. The monoisotopic (exact) mass is 186 g/mol. The van der Waals surface area contributed by atoms with E-state index in [1.165, 1.54) is 0 Å². The molecule has 4 nitrogen and oxygen atoms in total. The molecule has 0 amide bonds. The third-order valence-electron chi connectivity index (χ3n) is 2.18. The van der Waals surface area contributed by atoms with Crippen LogP contribution in [-0.2, 0) is 11.3 Å². The smallest absolute Gasteiger partial charge is 0.359 e. The van der Waals surface area contributed by atoms with E-state index >= 15 is 0 Å². The van der Waals surface area contributed by atoms with E-state index in [1.54, 1.807) is 0 Å². The molecule has 0 radical (unpaired) electrons. The number of cyclic esters (lactones) is 1. The van der Waals surface area contributed by atoms with E-state index in [0.29, 0.717) is 11.4 Å². The quantitative estimate of drug-likeness (QED) is 0.582. The highest BCUT2D eigenvalue weighted by Gasteiger charge is 2.24. The maximum Gasteiger partial charge on any atom is 0.359 e. The second kappa shape index (κ2) is 2.51. The van der Waals surface area contributed by atoms with Gasteiger partial charge in [-0.25, -0.2) is 14.8 Å². The van der Waals surface area contributed by atoms with Crippen LogP contribution in [0.2, 0.25) is 0 Å². The molecule has 0 atom stereocenters. The molecular formula is C10H6N2O2. The molecule has 0 unspecified atom stereocenters. The van der Waals surface area contributed by atoms with Crippen molar-refractivity contribution in [2.45, 2.75) is 6.61 Å². The van der Waals surface area contributed by atoms with Gasteiger partial charge in [0.25, 0.3) is 0 Å². The van der Waals surface area contributed by atoms with E-state index in [-0.39, 0.29) is 12.6 Å². The molecule has 0 aliphatic carbocycles. The topological polar surface area (TPSA) is 52.1 Å². The van der Waals surface area contributed by atoms with E-state index in [4.69, 9.17) is 4.74 Å². The van der Waals surface area contributed by atoms with Crippen LogP contribution < -0.4 is 0 Å². The maximum atomic E-state index is 11.2. The lowest BCUT2D eigenvalue weighted by Gasteiger charge is -1.97. The van der Waals surface area contributed by atoms with Crippen molar-refractivity contribution in [1.82, 2.24) is 9.97 Å². The van der Waals surface area contributed by atoms with E-state index in [0.717, 1.165) is 11.0 Å². The number of para-hydroxylation sites is 2. The van der Waals surface area contributed by atoms with Gasteiger partial charge in [-0.3, -0.25) is 0 Å². The molecule has 14 heavy (non-hydrogen) atoms. The first-order valence-electron chi connectivity index (χ1n) is 4.27. The first kappa shape index (κ1) is 7.44. The molecule has 1 aliphatic heterocycles. The minimum atomic E-state index is -0.377. The van der Waals surface area contributed by atoms with Gasteiger partial charge < -0.3 is 4.74 Å². The summed E-state index contributed by atoms with van der Waals surface area (Å²) >= 11 is 0. The molecular weight excluding hydrogens is 180 g/mol. The van der Waals surface area contributed by atoms with Gasteiger partial charge in [0.05, 0.1) is 11.0 Å². The summed E-state index contributed by atoms with van der Waals surface area (Å²) in [5.41, 5.74) is 2.51. The fourth-order valence-corrected chi connectivity index (χ4v) is 1.50. The molecule has 0 saturated carbocycles. The van der Waals surface area contributed by atoms with Gasteiger partial charge in [0.1, 0.15) is 12.3 Å².